The monoisotopic (exact) mass is 570 g/mol. The van der Waals surface area contributed by atoms with Crippen LogP contribution in [0, 0.1) is 14.5 Å². The van der Waals surface area contributed by atoms with Crippen molar-refractivity contribution in [2.24, 2.45) is 10.3 Å². The number of allylic oxidation sites excluding steroid dienone is 1. The van der Waals surface area contributed by atoms with Crippen molar-refractivity contribution in [3.05, 3.63) is 91.3 Å². The highest BCUT2D eigenvalue weighted by atomic mass is 127. The summed E-state index contributed by atoms with van der Waals surface area (Å²) in [5, 5.41) is 20.5. The number of hydrogen-bond acceptors (Lipinski definition) is 7. The molecule has 172 valence electrons. The molecule has 34 heavy (non-hydrogen) atoms. The van der Waals surface area contributed by atoms with Crippen LogP contribution in [0.4, 0.5) is 4.79 Å². The van der Waals surface area contributed by atoms with Crippen LogP contribution >= 0.6 is 22.6 Å². The second-order valence-corrected chi connectivity index (χ2v) is 8.06. The van der Waals surface area contributed by atoms with E-state index < -0.39 is 11.9 Å². The molecule has 2 aromatic carbocycles. The van der Waals surface area contributed by atoms with Gasteiger partial charge < -0.3 is 16.0 Å². The number of fused-ring (bicyclic) bond motifs is 1. The first kappa shape index (κ1) is 24.4. The Kier molecular flexibility index (Phi) is 8.32. The second kappa shape index (κ2) is 11.6. The van der Waals surface area contributed by atoms with E-state index in [0.29, 0.717) is 23.1 Å². The molecule has 0 aliphatic carbocycles. The molecule has 0 bridgehead atoms. The lowest BCUT2D eigenvalue weighted by atomic mass is 10.1. The fraction of sp³-hybridized carbons (Fsp3) is 0.0952. The summed E-state index contributed by atoms with van der Waals surface area (Å²) in [6.45, 7) is 0.275. The smallest absolute Gasteiger partial charge is 0.347 e. The van der Waals surface area contributed by atoms with E-state index in [9.17, 15) is 9.59 Å². The minimum absolute atomic E-state index is 0.110. The Balaban J connectivity index is 1.92. The van der Waals surface area contributed by atoms with Gasteiger partial charge in [-0.15, -0.1) is 0 Å². The van der Waals surface area contributed by atoms with Crippen LogP contribution < -0.4 is 16.1 Å². The summed E-state index contributed by atoms with van der Waals surface area (Å²) in [5.74, 6) is -0.571. The summed E-state index contributed by atoms with van der Waals surface area (Å²) in [7, 11) is 0. The Morgan fingerprint density at radius 2 is 1.91 bits per heavy atom. The highest BCUT2D eigenvalue weighted by molar-refractivity contribution is 14.1. The van der Waals surface area contributed by atoms with Crippen LogP contribution in [0.25, 0.3) is 21.3 Å². The third-order valence-electron chi connectivity index (χ3n) is 4.76. The molecule has 1 aromatic heterocycles. The van der Waals surface area contributed by atoms with Gasteiger partial charge >= 0.3 is 6.03 Å². The third kappa shape index (κ3) is 5.76. The number of nitrogens with zero attached hydrogens (tertiary/aromatic N) is 5. The molecule has 0 atom stereocenters. The van der Waals surface area contributed by atoms with E-state index in [0.717, 1.165) is 15.3 Å². The summed E-state index contributed by atoms with van der Waals surface area (Å²) in [6.07, 6.45) is 2.28. The molecule has 1 heterocycles. The number of hydrogen-bond donors (Lipinski definition) is 5. The van der Waals surface area contributed by atoms with Gasteiger partial charge in [-0.05, 0) is 51.9 Å². The summed E-state index contributed by atoms with van der Waals surface area (Å²) >= 11 is 2.20. The number of amides is 2. The number of nitrogens with one attached hydrogen (secondary N) is 5. The van der Waals surface area contributed by atoms with Gasteiger partial charge in [0.15, 0.2) is 0 Å². The Hall–Kier alpha value is -4.23. The van der Waals surface area contributed by atoms with Crippen molar-refractivity contribution in [1.82, 2.24) is 20.6 Å². The summed E-state index contributed by atoms with van der Waals surface area (Å²) in [6, 6.07) is 13.8. The van der Waals surface area contributed by atoms with E-state index in [1.54, 1.807) is 24.3 Å². The van der Waals surface area contributed by atoms with Crippen LogP contribution in [0.2, 0.25) is 0 Å². The SMILES string of the molecule is [N-]=[N+]=NC/C(NCc1ccc(I)cc1)=C(/C=N)NC(=O)c1cn(C(=O)NN=N)c2ccccc12. The minimum atomic E-state index is -0.698. The molecule has 0 aliphatic rings. The van der Waals surface area contributed by atoms with Gasteiger partial charge in [0.25, 0.3) is 5.91 Å². The van der Waals surface area contributed by atoms with Crippen LogP contribution in [0.5, 0.6) is 0 Å². The highest BCUT2D eigenvalue weighted by Gasteiger charge is 2.19. The maximum absolute atomic E-state index is 13.1. The Morgan fingerprint density at radius 3 is 2.59 bits per heavy atom. The molecule has 5 N–H and O–H groups in total. The third-order valence-corrected chi connectivity index (χ3v) is 5.47. The molecule has 0 spiro atoms. The van der Waals surface area contributed by atoms with Gasteiger partial charge in [-0.1, -0.05) is 40.7 Å². The summed E-state index contributed by atoms with van der Waals surface area (Å²) in [4.78, 5) is 28.1. The molecule has 12 nitrogen and oxygen atoms in total. The number of carbonyl (C=O) groups excluding carboxylic acids is 2. The van der Waals surface area contributed by atoms with Crippen molar-refractivity contribution in [1.29, 1.82) is 10.9 Å². The predicted octanol–water partition coefficient (Wildman–Crippen LogP) is 4.44. The number of rotatable bonds is 9. The van der Waals surface area contributed by atoms with Crippen molar-refractivity contribution in [3.8, 4) is 0 Å². The standard InChI is InChI=1S/C21H19IN10O2/c22-14-7-5-13(6-8-14)10-26-18(11-27-30-24)17(9-23)28-20(33)16-12-32(21(34)29-31-25)19-4-2-1-3-15(16)19/h1-9,12,23,26H,10-11H2,(H,28,33)(H2,25,29,34)/b18-17+,23-9?. The average Bonchev–Trinajstić information content (AvgIpc) is 3.24. The predicted molar refractivity (Wildman–Crippen MR) is 134 cm³/mol. The normalized spacial score (nSPS) is 11.1. The maximum atomic E-state index is 13.1. The topological polar surface area (TPSA) is 184 Å². The molecule has 3 rings (SSSR count). The molecule has 13 heteroatoms. The van der Waals surface area contributed by atoms with E-state index in [-0.39, 0.29) is 17.8 Å². The van der Waals surface area contributed by atoms with Crippen molar-refractivity contribution in [2.45, 2.75) is 6.54 Å². The number of azide groups is 1. The van der Waals surface area contributed by atoms with Gasteiger partial charge in [0.2, 0.25) is 0 Å². The molecule has 0 fully saturated rings. The molecule has 3 aromatic rings. The van der Waals surface area contributed by atoms with Crippen LogP contribution in [-0.4, -0.2) is 29.3 Å². The average molecular weight is 570 g/mol. The Morgan fingerprint density at radius 1 is 1.18 bits per heavy atom. The molecule has 0 saturated heterocycles. The van der Waals surface area contributed by atoms with E-state index >= 15 is 0 Å². The first-order valence-corrected chi connectivity index (χ1v) is 10.9. The van der Waals surface area contributed by atoms with Crippen LogP contribution in [0.1, 0.15) is 15.9 Å². The van der Waals surface area contributed by atoms with Crippen LogP contribution in [0.3, 0.4) is 0 Å². The zero-order valence-corrected chi connectivity index (χ0v) is 19.8. The zero-order valence-electron chi connectivity index (χ0n) is 17.6. The largest absolute Gasteiger partial charge is 0.382 e. The second-order valence-electron chi connectivity index (χ2n) is 6.82. The fourth-order valence-electron chi connectivity index (χ4n) is 3.17. The van der Waals surface area contributed by atoms with E-state index in [2.05, 4.69) is 48.5 Å². The number of aromatic nitrogens is 1. The molecular formula is C21H19IN10O2. The molecule has 0 aliphatic heterocycles. The quantitative estimate of drug-likeness (QED) is 0.0638. The first-order valence-electron chi connectivity index (χ1n) is 9.79. The fourth-order valence-corrected chi connectivity index (χ4v) is 3.53. The van der Waals surface area contributed by atoms with Gasteiger partial charge in [-0.3, -0.25) is 9.36 Å². The molecule has 2 amide bonds. The number of halogens is 1. The van der Waals surface area contributed by atoms with Crippen molar-refractivity contribution in [2.75, 3.05) is 6.54 Å². The highest BCUT2D eigenvalue weighted by Crippen LogP contribution is 2.21. The summed E-state index contributed by atoms with van der Waals surface area (Å²) < 4.78 is 2.26. The Bertz CT molecular complexity index is 1320. The van der Waals surface area contributed by atoms with E-state index in [1.165, 1.54) is 10.8 Å². The lowest BCUT2D eigenvalue weighted by Gasteiger charge is -2.14. The lowest BCUT2D eigenvalue weighted by molar-refractivity contribution is 0.0969. The number of benzene rings is 2. The molecule has 0 unspecified atom stereocenters. The number of carbonyl (C=O) groups is 2. The van der Waals surface area contributed by atoms with Gasteiger partial charge in [-0.25, -0.2) is 10.2 Å². The molecule has 0 radical (unpaired) electrons. The minimum Gasteiger partial charge on any atom is -0.382 e. The van der Waals surface area contributed by atoms with Crippen LogP contribution in [-0.2, 0) is 6.54 Å². The molecule has 0 saturated carbocycles. The van der Waals surface area contributed by atoms with E-state index in [4.69, 9.17) is 16.5 Å². The lowest BCUT2D eigenvalue weighted by Crippen LogP contribution is -2.29. The van der Waals surface area contributed by atoms with E-state index in [1.807, 2.05) is 29.7 Å². The Labute approximate surface area is 207 Å². The maximum Gasteiger partial charge on any atom is 0.347 e. The zero-order chi connectivity index (χ0) is 24.5. The van der Waals surface area contributed by atoms with Crippen molar-refractivity contribution in [3.63, 3.8) is 0 Å². The summed E-state index contributed by atoms with van der Waals surface area (Å²) in [5.41, 5.74) is 19.7. The molecular weight excluding hydrogens is 551 g/mol. The number of para-hydroxylation sites is 1. The van der Waals surface area contributed by atoms with Gasteiger partial charge in [0, 0.05) is 38.5 Å². The van der Waals surface area contributed by atoms with Gasteiger partial charge in [0.1, 0.15) is 0 Å². The van der Waals surface area contributed by atoms with Gasteiger partial charge in [0.05, 0.1) is 23.3 Å². The first-order chi connectivity index (χ1) is 16.5. The van der Waals surface area contributed by atoms with Crippen molar-refractivity contribution < 1.29 is 9.59 Å². The van der Waals surface area contributed by atoms with Crippen molar-refractivity contribution >= 4 is 51.6 Å². The van der Waals surface area contributed by atoms with Crippen LogP contribution in [0.15, 0.2) is 76.5 Å². The van der Waals surface area contributed by atoms with Gasteiger partial charge in [-0.2, -0.15) is 5.53 Å².